The Morgan fingerprint density at radius 3 is 2.79 bits per heavy atom. The Hall–Kier alpha value is -2.87. The van der Waals surface area contributed by atoms with Crippen LogP contribution in [0.15, 0.2) is 36.1 Å². The molecule has 0 saturated carbocycles. The first-order valence-electron chi connectivity index (χ1n) is 7.11. The van der Waals surface area contributed by atoms with E-state index >= 15 is 0 Å². The zero-order chi connectivity index (χ0) is 16.7. The van der Waals surface area contributed by atoms with Crippen LogP contribution in [-0.4, -0.2) is 31.6 Å². The molecule has 4 aromatic heterocycles. The Morgan fingerprint density at radius 1 is 1.21 bits per heavy atom. The normalized spacial score (nSPS) is 11.1. The van der Waals surface area contributed by atoms with Gasteiger partial charge in [0.15, 0.2) is 11.6 Å². The molecular formula is C16H12FN5OS. The molecule has 24 heavy (non-hydrogen) atoms. The summed E-state index contributed by atoms with van der Waals surface area (Å²) in [4.78, 5) is 17.4. The van der Waals surface area contributed by atoms with Crippen LogP contribution in [0.4, 0.5) is 4.39 Å². The molecule has 0 spiro atoms. The molecule has 0 radical (unpaired) electrons. The van der Waals surface area contributed by atoms with Crippen molar-refractivity contribution < 1.29 is 9.13 Å². The minimum Gasteiger partial charge on any atom is -0.480 e. The van der Waals surface area contributed by atoms with E-state index in [-0.39, 0.29) is 5.69 Å². The monoisotopic (exact) mass is 341 g/mol. The molecule has 4 aromatic rings. The molecule has 0 N–H and O–H groups in total. The van der Waals surface area contributed by atoms with Crippen LogP contribution < -0.4 is 4.74 Å². The van der Waals surface area contributed by atoms with E-state index in [2.05, 4.69) is 19.9 Å². The Labute approximate surface area is 140 Å². The highest BCUT2D eigenvalue weighted by Crippen LogP contribution is 2.38. The fraction of sp³-hybridized carbons (Fsp3) is 0.125. The summed E-state index contributed by atoms with van der Waals surface area (Å²) in [6.07, 6.45) is 5.03. The van der Waals surface area contributed by atoms with Crippen LogP contribution in [0.5, 0.6) is 5.88 Å². The highest BCUT2D eigenvalue weighted by Gasteiger charge is 2.19. The maximum Gasteiger partial charge on any atom is 0.235 e. The molecule has 0 aromatic carbocycles. The van der Waals surface area contributed by atoms with Crippen molar-refractivity contribution in [1.29, 1.82) is 0 Å². The van der Waals surface area contributed by atoms with Crippen molar-refractivity contribution in [2.75, 3.05) is 7.11 Å². The highest BCUT2D eigenvalue weighted by atomic mass is 32.1. The summed E-state index contributed by atoms with van der Waals surface area (Å²) in [6.45, 7) is 0. The molecule has 0 atom stereocenters. The summed E-state index contributed by atoms with van der Waals surface area (Å²) < 4.78 is 22.1. The number of aryl methyl sites for hydroxylation is 1. The first-order valence-corrected chi connectivity index (χ1v) is 7.99. The fourth-order valence-corrected chi connectivity index (χ4v) is 3.42. The van der Waals surface area contributed by atoms with Gasteiger partial charge in [0.05, 0.1) is 12.6 Å². The molecule has 0 unspecified atom stereocenters. The summed E-state index contributed by atoms with van der Waals surface area (Å²) in [6, 6.07) is 2.94. The second-order valence-electron chi connectivity index (χ2n) is 5.08. The van der Waals surface area contributed by atoms with Crippen LogP contribution in [0, 0.1) is 5.82 Å². The largest absolute Gasteiger partial charge is 0.480 e. The highest BCUT2D eigenvalue weighted by molar-refractivity contribution is 7.18. The Morgan fingerprint density at radius 2 is 2.08 bits per heavy atom. The predicted molar refractivity (Wildman–Crippen MR) is 89.4 cm³/mol. The summed E-state index contributed by atoms with van der Waals surface area (Å²) in [5, 5.41) is 1.81. The molecule has 0 aliphatic carbocycles. The fourth-order valence-electron chi connectivity index (χ4n) is 2.46. The SMILES string of the molecule is COc1nc(-c2nccn2C)nc2c(-c3ncccc3F)csc12. The van der Waals surface area contributed by atoms with Crippen molar-refractivity contribution in [3.05, 3.63) is 41.9 Å². The number of nitrogens with zero attached hydrogens (tertiary/aromatic N) is 5. The third-order valence-electron chi connectivity index (χ3n) is 3.61. The van der Waals surface area contributed by atoms with Gasteiger partial charge >= 0.3 is 0 Å². The number of halogens is 1. The van der Waals surface area contributed by atoms with E-state index in [9.17, 15) is 4.39 Å². The first-order chi connectivity index (χ1) is 11.7. The Kier molecular flexibility index (Phi) is 3.46. The Bertz CT molecular complexity index is 1040. The van der Waals surface area contributed by atoms with Gasteiger partial charge in [0.2, 0.25) is 5.88 Å². The van der Waals surface area contributed by atoms with Crippen molar-refractivity contribution in [3.63, 3.8) is 0 Å². The van der Waals surface area contributed by atoms with E-state index in [0.29, 0.717) is 28.6 Å². The molecule has 0 saturated heterocycles. The molecule has 0 aliphatic rings. The number of aromatic nitrogens is 5. The number of ether oxygens (including phenoxy) is 1. The third-order valence-corrected chi connectivity index (χ3v) is 4.57. The van der Waals surface area contributed by atoms with Gasteiger partial charge in [0.1, 0.15) is 16.2 Å². The van der Waals surface area contributed by atoms with Crippen LogP contribution in [-0.2, 0) is 7.05 Å². The molecule has 0 aliphatic heterocycles. The minimum atomic E-state index is -0.395. The van der Waals surface area contributed by atoms with Crippen LogP contribution in [0.3, 0.4) is 0 Å². The predicted octanol–water partition coefficient (Wildman–Crippen LogP) is 3.30. The quantitative estimate of drug-likeness (QED) is 0.572. The molecule has 6 nitrogen and oxygen atoms in total. The lowest BCUT2D eigenvalue weighted by Crippen LogP contribution is -2.00. The van der Waals surface area contributed by atoms with E-state index in [1.54, 1.807) is 25.6 Å². The zero-order valence-electron chi connectivity index (χ0n) is 12.9. The van der Waals surface area contributed by atoms with Gasteiger partial charge < -0.3 is 9.30 Å². The van der Waals surface area contributed by atoms with E-state index in [1.165, 1.54) is 17.4 Å². The van der Waals surface area contributed by atoms with Gasteiger partial charge in [-0.25, -0.2) is 14.4 Å². The maximum absolute atomic E-state index is 14.2. The van der Waals surface area contributed by atoms with Crippen molar-refractivity contribution in [3.8, 4) is 28.8 Å². The van der Waals surface area contributed by atoms with Crippen LogP contribution in [0.2, 0.25) is 0 Å². The minimum absolute atomic E-state index is 0.260. The number of rotatable bonds is 3. The number of thiophene rings is 1. The molecule has 0 bridgehead atoms. The molecular weight excluding hydrogens is 329 g/mol. The van der Waals surface area contributed by atoms with Gasteiger partial charge in [0.25, 0.3) is 0 Å². The van der Waals surface area contributed by atoms with Crippen LogP contribution in [0.25, 0.3) is 33.1 Å². The lowest BCUT2D eigenvalue weighted by molar-refractivity contribution is 0.404. The zero-order valence-corrected chi connectivity index (χ0v) is 13.7. The average molecular weight is 341 g/mol. The summed E-state index contributed by atoms with van der Waals surface area (Å²) in [7, 11) is 3.40. The molecule has 0 amide bonds. The smallest absolute Gasteiger partial charge is 0.235 e. The number of pyridine rings is 1. The summed E-state index contributed by atoms with van der Waals surface area (Å²) in [5.74, 6) is 1.07. The number of imidazole rings is 1. The Balaban J connectivity index is 2.01. The van der Waals surface area contributed by atoms with Gasteiger partial charge in [0, 0.05) is 36.6 Å². The van der Waals surface area contributed by atoms with Gasteiger partial charge in [-0.3, -0.25) is 4.98 Å². The summed E-state index contributed by atoms with van der Waals surface area (Å²) in [5.41, 5.74) is 1.47. The van der Waals surface area contributed by atoms with Crippen molar-refractivity contribution in [2.45, 2.75) is 0 Å². The van der Waals surface area contributed by atoms with Crippen molar-refractivity contribution >= 4 is 21.6 Å². The second-order valence-corrected chi connectivity index (χ2v) is 5.96. The molecule has 4 heterocycles. The van der Waals surface area contributed by atoms with E-state index < -0.39 is 5.82 Å². The van der Waals surface area contributed by atoms with Crippen LogP contribution in [0.1, 0.15) is 0 Å². The van der Waals surface area contributed by atoms with Crippen molar-refractivity contribution in [1.82, 2.24) is 24.5 Å². The lowest BCUT2D eigenvalue weighted by atomic mass is 10.2. The number of methoxy groups -OCH3 is 1. The standard InChI is InChI=1S/C16H12FN5OS/c1-22-7-6-19-15(22)14-20-12-9(11-10(17)4-3-5-18-11)8-24-13(12)16(21-14)23-2/h3-8H,1-2H3. The number of hydrogen-bond donors (Lipinski definition) is 0. The average Bonchev–Trinajstić information content (AvgIpc) is 3.20. The lowest BCUT2D eigenvalue weighted by Gasteiger charge is -2.06. The first kappa shape index (κ1) is 14.7. The van der Waals surface area contributed by atoms with Crippen molar-refractivity contribution in [2.24, 2.45) is 7.05 Å². The molecule has 120 valence electrons. The molecule has 8 heteroatoms. The van der Waals surface area contributed by atoms with E-state index in [0.717, 1.165) is 4.70 Å². The second kappa shape index (κ2) is 5.64. The van der Waals surface area contributed by atoms with Gasteiger partial charge in [-0.15, -0.1) is 11.3 Å². The van der Waals surface area contributed by atoms with E-state index in [4.69, 9.17) is 4.74 Å². The summed E-state index contributed by atoms with van der Waals surface area (Å²) >= 11 is 1.39. The molecule has 0 fully saturated rings. The van der Waals surface area contributed by atoms with Crippen LogP contribution >= 0.6 is 11.3 Å². The third kappa shape index (κ3) is 2.23. The maximum atomic E-state index is 14.2. The topological polar surface area (TPSA) is 65.7 Å². The number of fused-ring (bicyclic) bond motifs is 1. The number of hydrogen-bond acceptors (Lipinski definition) is 6. The van der Waals surface area contributed by atoms with Gasteiger partial charge in [-0.1, -0.05) is 0 Å². The van der Waals surface area contributed by atoms with E-state index in [1.807, 2.05) is 23.2 Å². The van der Waals surface area contributed by atoms with Gasteiger partial charge in [-0.05, 0) is 12.1 Å². The molecule has 4 rings (SSSR count). The van der Waals surface area contributed by atoms with Gasteiger partial charge in [-0.2, -0.15) is 4.98 Å².